The van der Waals surface area contributed by atoms with E-state index < -0.39 is 0 Å². The Morgan fingerprint density at radius 2 is 2.06 bits per heavy atom. The molecule has 0 saturated heterocycles. The zero-order chi connectivity index (χ0) is 9.97. The Morgan fingerprint density at radius 3 is 2.69 bits per heavy atom. The van der Waals surface area contributed by atoms with Gasteiger partial charge in [0.2, 0.25) is 0 Å². The molecule has 0 N–H and O–H groups in total. The van der Waals surface area contributed by atoms with Crippen LogP contribution in [0.25, 0.3) is 0 Å². The van der Waals surface area contributed by atoms with Gasteiger partial charge in [-0.2, -0.15) is 45.5 Å². The fourth-order valence-electron chi connectivity index (χ4n) is 1.79. The summed E-state index contributed by atoms with van der Waals surface area (Å²) in [5.41, 5.74) is 1.29. The maximum Gasteiger partial charge on any atom is 0 e. The van der Waals surface area contributed by atoms with Crippen molar-refractivity contribution in [1.82, 2.24) is 0 Å². The van der Waals surface area contributed by atoms with Crippen LogP contribution >= 0.6 is 18.5 Å². The Bertz CT molecular complexity index is 364. The molecule has 0 fully saturated rings. The first-order valence-corrected chi connectivity index (χ1v) is 5.99. The minimum Gasteiger partial charge on any atom is -0.319 e. The molecule has 0 aromatic heterocycles. The fourth-order valence-corrected chi connectivity index (χ4v) is 2.64. The van der Waals surface area contributed by atoms with E-state index in [0.717, 1.165) is 0 Å². The Balaban J connectivity index is 0.00000112. The Labute approximate surface area is 153 Å². The van der Waals surface area contributed by atoms with Crippen LogP contribution in [0.2, 0.25) is 0 Å². The predicted molar refractivity (Wildman–Crippen MR) is 68.7 cm³/mol. The first-order valence-electron chi connectivity index (χ1n) is 4.84. The van der Waals surface area contributed by atoms with Crippen LogP contribution in [0.4, 0.5) is 0 Å². The minimum atomic E-state index is 0. The van der Waals surface area contributed by atoms with Crippen LogP contribution in [0.3, 0.4) is 0 Å². The summed E-state index contributed by atoms with van der Waals surface area (Å²) in [6.45, 7) is 0. The number of rotatable bonds is 1. The molecule has 2 rings (SSSR count). The summed E-state index contributed by atoms with van der Waals surface area (Å²) >= 11 is 0. The van der Waals surface area contributed by atoms with Crippen LogP contribution in [-0.2, 0) is 65.4 Å². The van der Waals surface area contributed by atoms with Gasteiger partial charge in [0, 0.05) is 65.4 Å². The molecule has 0 bridgehead atoms. The van der Waals surface area contributed by atoms with Gasteiger partial charge in [-0.05, 0) is 0 Å². The van der Waals surface area contributed by atoms with Crippen LogP contribution in [0.15, 0.2) is 29.6 Å². The van der Waals surface area contributed by atoms with E-state index in [1.165, 1.54) is 29.0 Å². The zero-order valence-electron chi connectivity index (χ0n) is 9.19. The molecule has 0 heterocycles. The number of hydrogen-bond donors (Lipinski definition) is 0. The molecular weight excluding hydrogens is 384 g/mol. The van der Waals surface area contributed by atoms with Gasteiger partial charge >= 0.3 is 0 Å². The molecule has 1 aliphatic carbocycles. The molecule has 1 aliphatic rings. The van der Waals surface area contributed by atoms with Crippen molar-refractivity contribution in [2.45, 2.75) is 18.8 Å². The molecule has 80 valence electrons. The van der Waals surface area contributed by atoms with Crippen molar-refractivity contribution >= 4 is 23.8 Å². The average molecular weight is 398 g/mol. The molecule has 1 aromatic carbocycles. The summed E-state index contributed by atoms with van der Waals surface area (Å²) in [4.78, 5) is 0. The molecular formula is C12H14P2Y2-2. The van der Waals surface area contributed by atoms with Crippen LogP contribution < -0.4 is 5.30 Å². The SMILES string of the molecule is PC1=CCC[CH-][C@H]1c1[c-]cccc1P.[Y].[Y]. The van der Waals surface area contributed by atoms with Gasteiger partial charge in [-0.3, -0.25) is 0 Å². The minimum absolute atomic E-state index is 0. The van der Waals surface area contributed by atoms with Gasteiger partial charge in [0.25, 0.3) is 0 Å². The van der Waals surface area contributed by atoms with Gasteiger partial charge in [0.1, 0.15) is 0 Å². The third kappa shape index (κ3) is 4.61. The quantitative estimate of drug-likeness (QED) is 0.505. The van der Waals surface area contributed by atoms with Gasteiger partial charge in [0.05, 0.1) is 0 Å². The molecule has 2 unspecified atom stereocenters. The Kier molecular flexibility index (Phi) is 10.2. The average Bonchev–Trinajstić information content (AvgIpc) is 2.20. The maximum absolute atomic E-state index is 3.33. The fraction of sp³-hybridized carbons (Fsp3) is 0.250. The zero-order valence-corrected chi connectivity index (χ0v) is 17.2. The third-order valence-electron chi connectivity index (χ3n) is 2.54. The second-order valence-corrected chi connectivity index (χ2v) is 4.82. The predicted octanol–water partition coefficient (Wildman–Crippen LogP) is 2.82. The number of benzene rings is 1. The number of allylic oxidation sites excluding steroid dienone is 2. The Morgan fingerprint density at radius 1 is 1.31 bits per heavy atom. The largest absolute Gasteiger partial charge is 0.319 e. The van der Waals surface area contributed by atoms with E-state index >= 15 is 0 Å². The molecule has 0 spiro atoms. The normalized spacial score (nSPS) is 19.1. The van der Waals surface area contributed by atoms with Gasteiger partial charge in [-0.1, -0.05) is 17.8 Å². The molecule has 3 atom stereocenters. The van der Waals surface area contributed by atoms with Crippen LogP contribution in [-0.4, -0.2) is 0 Å². The summed E-state index contributed by atoms with van der Waals surface area (Å²) in [7, 11) is 5.63. The van der Waals surface area contributed by atoms with Gasteiger partial charge < -0.3 is 6.42 Å². The third-order valence-corrected chi connectivity index (χ3v) is 3.64. The van der Waals surface area contributed by atoms with E-state index in [-0.39, 0.29) is 65.4 Å². The monoisotopic (exact) mass is 398 g/mol. The first kappa shape index (κ1) is 18.0. The molecule has 4 heteroatoms. The van der Waals surface area contributed by atoms with Crippen LogP contribution in [0.1, 0.15) is 24.3 Å². The summed E-state index contributed by atoms with van der Waals surface area (Å²) in [6.07, 6.45) is 7.03. The van der Waals surface area contributed by atoms with E-state index in [4.69, 9.17) is 0 Å². The van der Waals surface area contributed by atoms with E-state index in [1.54, 1.807) is 0 Å². The standard InChI is InChI=1S/C12H14P2.2Y/c13-11-7-3-1-5-9(11)10-6-2-4-8-12(10)14;;/h1,3,6-8,10H,2,4,13-14H2;;/q-2;;/t10-;;/m0../s1. The van der Waals surface area contributed by atoms with E-state index in [0.29, 0.717) is 5.92 Å². The molecule has 0 aliphatic heterocycles. The molecule has 0 saturated carbocycles. The van der Waals surface area contributed by atoms with Crippen LogP contribution in [0, 0.1) is 12.5 Å². The van der Waals surface area contributed by atoms with Crippen molar-refractivity contribution in [1.29, 1.82) is 0 Å². The number of hydrogen-bond acceptors (Lipinski definition) is 0. The van der Waals surface area contributed by atoms with Gasteiger partial charge in [-0.15, -0.1) is 20.5 Å². The van der Waals surface area contributed by atoms with Crippen molar-refractivity contribution < 1.29 is 65.4 Å². The molecule has 0 amide bonds. The summed E-state index contributed by atoms with van der Waals surface area (Å²) in [6, 6.07) is 9.47. The van der Waals surface area contributed by atoms with Crippen molar-refractivity contribution in [3.05, 3.63) is 47.6 Å². The Hall–Kier alpha value is 2.03. The maximum atomic E-state index is 3.33. The van der Waals surface area contributed by atoms with Gasteiger partial charge in [0.15, 0.2) is 0 Å². The van der Waals surface area contributed by atoms with Crippen molar-refractivity contribution in [2.24, 2.45) is 0 Å². The summed E-state index contributed by atoms with van der Waals surface area (Å²) in [5, 5.41) is 2.63. The molecule has 2 radical (unpaired) electrons. The van der Waals surface area contributed by atoms with Crippen LogP contribution in [0.5, 0.6) is 0 Å². The summed E-state index contributed by atoms with van der Waals surface area (Å²) < 4.78 is 0. The second-order valence-electron chi connectivity index (χ2n) is 3.53. The van der Waals surface area contributed by atoms with E-state index in [2.05, 4.69) is 43.1 Å². The topological polar surface area (TPSA) is 0 Å². The molecule has 0 nitrogen and oxygen atoms in total. The van der Waals surface area contributed by atoms with Crippen molar-refractivity contribution in [3.63, 3.8) is 0 Å². The van der Waals surface area contributed by atoms with Crippen molar-refractivity contribution in [2.75, 3.05) is 0 Å². The smallest absolute Gasteiger partial charge is 0 e. The summed E-state index contributed by atoms with van der Waals surface area (Å²) in [5.74, 6) is 0.447. The molecule has 1 aromatic rings. The van der Waals surface area contributed by atoms with E-state index in [9.17, 15) is 0 Å². The van der Waals surface area contributed by atoms with Crippen molar-refractivity contribution in [3.8, 4) is 0 Å². The first-order chi connectivity index (χ1) is 6.79. The van der Waals surface area contributed by atoms with Gasteiger partial charge in [-0.25, -0.2) is 0 Å². The van der Waals surface area contributed by atoms with E-state index in [1.807, 2.05) is 12.1 Å². The second kappa shape index (κ2) is 9.01. The molecule has 16 heavy (non-hydrogen) atoms.